The van der Waals surface area contributed by atoms with Gasteiger partial charge in [0.2, 0.25) is 0 Å². The highest BCUT2D eigenvalue weighted by molar-refractivity contribution is 5.77. The number of rotatable bonds is 11. The second kappa shape index (κ2) is 10.1. The Labute approximate surface area is 151 Å². The summed E-state index contributed by atoms with van der Waals surface area (Å²) in [5, 5.41) is 10.8. The summed E-state index contributed by atoms with van der Waals surface area (Å²) in [4.78, 5) is 25.1. The number of benzene rings is 1. The quantitative estimate of drug-likeness (QED) is 0.348. The number of likely N-dealkylation sites (N-methyl/N-ethyl adjacent to an activating group) is 1. The Morgan fingerprint density at radius 3 is 1.96 bits per heavy atom. The van der Waals surface area contributed by atoms with Gasteiger partial charge in [0.05, 0.1) is 18.0 Å². The number of hydrogen-bond acceptors (Lipinski definition) is 3. The number of nitro benzene ring substituents is 1. The highest BCUT2D eigenvalue weighted by Crippen LogP contribution is 2.20. The number of carbonyl (C=O) groups excluding carboxylic acids is 1. The Hall–Kier alpha value is -1.95. The van der Waals surface area contributed by atoms with Gasteiger partial charge in [-0.25, -0.2) is 0 Å². The molecule has 1 aromatic rings. The summed E-state index contributed by atoms with van der Waals surface area (Å²) < 4.78 is 0.708. The van der Waals surface area contributed by atoms with Gasteiger partial charge in [-0.2, -0.15) is 0 Å². The number of non-ortho nitro benzene ring substituents is 1. The lowest BCUT2D eigenvalue weighted by atomic mass is 10.1. The van der Waals surface area contributed by atoms with Crippen molar-refractivity contribution in [2.24, 2.45) is 0 Å². The Morgan fingerprint density at radius 2 is 1.56 bits per heavy atom. The Balaban J connectivity index is 3.04. The smallest absolute Gasteiger partial charge is 0.277 e. The summed E-state index contributed by atoms with van der Waals surface area (Å²) in [7, 11) is 0. The van der Waals surface area contributed by atoms with Crippen molar-refractivity contribution in [2.45, 2.75) is 47.1 Å². The molecule has 0 aliphatic carbocycles. The van der Waals surface area contributed by atoms with E-state index in [0.29, 0.717) is 11.0 Å². The fourth-order valence-corrected chi connectivity index (χ4v) is 3.51. The molecule has 0 aliphatic rings. The maximum atomic E-state index is 12.7. The third-order valence-electron chi connectivity index (χ3n) is 4.65. The number of carbonyl (C=O) groups is 1. The van der Waals surface area contributed by atoms with E-state index in [0.717, 1.165) is 51.1 Å². The predicted octanol–water partition coefficient (Wildman–Crippen LogP) is 3.60. The van der Waals surface area contributed by atoms with Crippen LogP contribution in [0.3, 0.4) is 0 Å². The standard InChI is InChI=1S/C19H32N3O3/c1-5-13-22(14-6-2,16-19(23)20(7-3)8-4)15-17-9-11-18(12-10-17)21(24)25/h9-12H,5-8,13-16H2,1-4H3/q+1. The fraction of sp³-hybridized carbons (Fsp3) is 0.632. The molecule has 0 bridgehead atoms. The van der Waals surface area contributed by atoms with E-state index in [2.05, 4.69) is 13.8 Å². The minimum atomic E-state index is -0.381. The molecular formula is C19H32N3O3+. The average Bonchev–Trinajstić information content (AvgIpc) is 2.56. The molecule has 25 heavy (non-hydrogen) atoms. The van der Waals surface area contributed by atoms with Crippen LogP contribution in [0.5, 0.6) is 0 Å². The van der Waals surface area contributed by atoms with Crippen molar-refractivity contribution < 1.29 is 14.2 Å². The zero-order valence-corrected chi connectivity index (χ0v) is 16.0. The third kappa shape index (κ3) is 6.12. The summed E-state index contributed by atoms with van der Waals surface area (Å²) in [6.45, 7) is 12.8. The van der Waals surface area contributed by atoms with E-state index in [1.54, 1.807) is 12.1 Å². The van der Waals surface area contributed by atoms with Crippen molar-refractivity contribution in [3.05, 3.63) is 39.9 Å². The molecule has 0 unspecified atom stereocenters. The van der Waals surface area contributed by atoms with Crippen molar-refractivity contribution in [3.63, 3.8) is 0 Å². The summed E-state index contributed by atoms with van der Waals surface area (Å²) in [6, 6.07) is 6.74. The molecule has 140 valence electrons. The van der Waals surface area contributed by atoms with Crippen molar-refractivity contribution in [1.29, 1.82) is 0 Å². The molecule has 0 aromatic heterocycles. The van der Waals surface area contributed by atoms with Gasteiger partial charge in [0.1, 0.15) is 6.54 Å². The number of amides is 1. The molecule has 0 spiro atoms. The first-order valence-corrected chi connectivity index (χ1v) is 9.27. The van der Waals surface area contributed by atoms with Crippen molar-refractivity contribution in [3.8, 4) is 0 Å². The molecule has 0 atom stereocenters. The number of nitrogens with zero attached hydrogens (tertiary/aromatic N) is 3. The lowest BCUT2D eigenvalue weighted by Crippen LogP contribution is -2.54. The van der Waals surface area contributed by atoms with Gasteiger partial charge in [-0.3, -0.25) is 14.9 Å². The van der Waals surface area contributed by atoms with E-state index in [-0.39, 0.29) is 16.5 Å². The summed E-state index contributed by atoms with van der Waals surface area (Å²) in [6.07, 6.45) is 2.00. The SMILES string of the molecule is CCC[N+](CCC)(CC(=O)N(CC)CC)Cc1ccc([N+](=O)[O-])cc1. The molecule has 0 radical (unpaired) electrons. The van der Waals surface area contributed by atoms with Crippen LogP contribution in [0.15, 0.2) is 24.3 Å². The molecule has 0 saturated heterocycles. The molecule has 6 heteroatoms. The van der Waals surface area contributed by atoms with Crippen molar-refractivity contribution in [2.75, 3.05) is 32.7 Å². The first-order chi connectivity index (χ1) is 11.9. The highest BCUT2D eigenvalue weighted by Gasteiger charge is 2.31. The maximum Gasteiger partial charge on any atom is 0.277 e. The van der Waals surface area contributed by atoms with Gasteiger partial charge in [-0.15, -0.1) is 0 Å². The van der Waals surface area contributed by atoms with Gasteiger partial charge >= 0.3 is 0 Å². The average molecular weight is 350 g/mol. The van der Waals surface area contributed by atoms with Gasteiger partial charge < -0.3 is 9.38 Å². The molecule has 1 amide bonds. The van der Waals surface area contributed by atoms with Crippen LogP contribution in [0.2, 0.25) is 0 Å². The number of hydrogen-bond donors (Lipinski definition) is 0. The van der Waals surface area contributed by atoms with Gasteiger partial charge in [0, 0.05) is 30.8 Å². The topological polar surface area (TPSA) is 63.5 Å². The Kier molecular flexibility index (Phi) is 8.55. The lowest BCUT2D eigenvalue weighted by Gasteiger charge is -2.39. The van der Waals surface area contributed by atoms with Crippen LogP contribution in [0.4, 0.5) is 5.69 Å². The van der Waals surface area contributed by atoms with Crippen molar-refractivity contribution >= 4 is 11.6 Å². The van der Waals surface area contributed by atoms with E-state index in [4.69, 9.17) is 0 Å². The first-order valence-electron chi connectivity index (χ1n) is 9.27. The molecule has 0 heterocycles. The highest BCUT2D eigenvalue weighted by atomic mass is 16.6. The van der Waals surface area contributed by atoms with Gasteiger partial charge in [-0.05, 0) is 38.8 Å². The summed E-state index contributed by atoms with van der Waals surface area (Å²) >= 11 is 0. The molecule has 1 aromatic carbocycles. The van der Waals surface area contributed by atoms with E-state index in [1.807, 2.05) is 30.9 Å². The van der Waals surface area contributed by atoms with Crippen molar-refractivity contribution in [1.82, 2.24) is 4.90 Å². The molecule has 0 saturated carbocycles. The molecule has 1 rings (SSSR count). The normalized spacial score (nSPS) is 11.4. The minimum absolute atomic E-state index is 0.104. The van der Waals surface area contributed by atoms with E-state index in [1.165, 1.54) is 0 Å². The van der Waals surface area contributed by atoms with Crippen LogP contribution in [-0.4, -0.2) is 52.9 Å². The molecule has 0 fully saturated rings. The monoisotopic (exact) mass is 350 g/mol. The van der Waals surface area contributed by atoms with Crippen LogP contribution in [0.1, 0.15) is 46.1 Å². The second-order valence-corrected chi connectivity index (χ2v) is 6.59. The summed E-state index contributed by atoms with van der Waals surface area (Å²) in [5.41, 5.74) is 1.15. The van der Waals surface area contributed by atoms with Gasteiger partial charge in [-0.1, -0.05) is 13.8 Å². The maximum absolute atomic E-state index is 12.7. The van der Waals surface area contributed by atoms with Crippen LogP contribution < -0.4 is 0 Å². The Morgan fingerprint density at radius 1 is 1.04 bits per heavy atom. The van der Waals surface area contributed by atoms with E-state index in [9.17, 15) is 14.9 Å². The molecule has 0 N–H and O–H groups in total. The van der Waals surface area contributed by atoms with Crippen LogP contribution in [-0.2, 0) is 11.3 Å². The van der Waals surface area contributed by atoms with Crippen LogP contribution in [0, 0.1) is 10.1 Å². The number of nitro groups is 1. The van der Waals surface area contributed by atoms with E-state index >= 15 is 0 Å². The van der Waals surface area contributed by atoms with Crippen LogP contribution in [0.25, 0.3) is 0 Å². The number of quaternary nitrogens is 1. The predicted molar refractivity (Wildman–Crippen MR) is 100 cm³/mol. The molecule has 0 aliphatic heterocycles. The fourth-order valence-electron chi connectivity index (χ4n) is 3.51. The molecular weight excluding hydrogens is 318 g/mol. The largest absolute Gasteiger partial charge is 0.338 e. The first kappa shape index (κ1) is 21.1. The third-order valence-corrected chi connectivity index (χ3v) is 4.65. The van der Waals surface area contributed by atoms with E-state index < -0.39 is 0 Å². The Bertz CT molecular complexity index is 548. The zero-order chi connectivity index (χ0) is 18.9. The zero-order valence-electron chi connectivity index (χ0n) is 16.0. The lowest BCUT2D eigenvalue weighted by molar-refractivity contribution is -0.934. The van der Waals surface area contributed by atoms with Gasteiger partial charge in [0.15, 0.2) is 6.54 Å². The summed E-state index contributed by atoms with van der Waals surface area (Å²) in [5.74, 6) is 0.189. The molecule has 6 nitrogen and oxygen atoms in total. The second-order valence-electron chi connectivity index (χ2n) is 6.59. The van der Waals surface area contributed by atoms with Crippen LogP contribution >= 0.6 is 0 Å². The minimum Gasteiger partial charge on any atom is -0.338 e. The van der Waals surface area contributed by atoms with Gasteiger partial charge in [0.25, 0.3) is 11.6 Å².